The lowest BCUT2D eigenvalue weighted by molar-refractivity contribution is -0.124. The molecule has 5 rings (SSSR count). The van der Waals surface area contributed by atoms with Crippen LogP contribution in [0, 0.1) is 19.1 Å². The summed E-state index contributed by atoms with van der Waals surface area (Å²) < 4.78 is 0. The average Bonchev–Trinajstić information content (AvgIpc) is 3.23. The van der Waals surface area contributed by atoms with Crippen LogP contribution in [0.1, 0.15) is 23.1 Å². The van der Waals surface area contributed by atoms with Gasteiger partial charge < -0.3 is 4.90 Å². The van der Waals surface area contributed by atoms with Crippen LogP contribution in [0.4, 0.5) is 0 Å². The van der Waals surface area contributed by atoms with Crippen molar-refractivity contribution < 1.29 is 4.79 Å². The van der Waals surface area contributed by atoms with Gasteiger partial charge >= 0.3 is 0 Å². The lowest BCUT2D eigenvalue weighted by atomic mass is 9.99. The minimum absolute atomic E-state index is 0.134. The van der Waals surface area contributed by atoms with Gasteiger partial charge in [-0.25, -0.2) is 0 Å². The van der Waals surface area contributed by atoms with Crippen molar-refractivity contribution in [2.45, 2.75) is 26.4 Å². The normalized spacial score (nSPS) is 19.1. The number of nitrogens with zero attached hydrogens (tertiary/aromatic N) is 4. The third-order valence-corrected chi connectivity index (χ3v) is 5.99. The van der Waals surface area contributed by atoms with Gasteiger partial charge in [-0.3, -0.25) is 19.6 Å². The third kappa shape index (κ3) is 3.30. The van der Waals surface area contributed by atoms with Crippen LogP contribution in [-0.2, 0) is 17.9 Å². The lowest BCUT2D eigenvalue weighted by Gasteiger charge is -2.42. The monoisotopic (exact) mass is 384 g/mol. The number of fused-ring (bicyclic) bond motifs is 1. The number of hydrogen-bond donors (Lipinski definition) is 0. The highest BCUT2D eigenvalue weighted by molar-refractivity contribution is 6.10. The molecule has 0 aliphatic carbocycles. The Bertz CT molecular complexity index is 995. The van der Waals surface area contributed by atoms with E-state index in [1.807, 2.05) is 23.1 Å². The van der Waals surface area contributed by atoms with Gasteiger partial charge in [-0.2, -0.15) is 0 Å². The Hall–Kier alpha value is -3.10. The Balaban J connectivity index is 1.45. The standard InChI is InChI=1S/C24H24N4O/c1-18-7-5-6-10-20(18)16-28-22-11-13-26(15-19-8-3-2-4-9-19)17-21(22)23(29)27-14-12-25-24(27)28/h2-4,7-10H,11-17H2,1H3. The van der Waals surface area contributed by atoms with E-state index >= 15 is 0 Å². The summed E-state index contributed by atoms with van der Waals surface area (Å²) in [5.41, 5.74) is 5.74. The number of hydrogen-bond acceptors (Lipinski definition) is 4. The molecule has 3 aliphatic rings. The number of benzene rings is 1. The molecule has 0 fully saturated rings. The molecule has 0 saturated heterocycles. The van der Waals surface area contributed by atoms with E-state index in [0.29, 0.717) is 19.6 Å². The molecule has 0 unspecified atom stereocenters. The highest BCUT2D eigenvalue weighted by Crippen LogP contribution is 2.32. The largest absolute Gasteiger partial charge is 0.311 e. The Morgan fingerprint density at radius 2 is 1.90 bits per heavy atom. The minimum Gasteiger partial charge on any atom is -0.311 e. The van der Waals surface area contributed by atoms with Crippen molar-refractivity contribution in [2.24, 2.45) is 4.99 Å². The quantitative estimate of drug-likeness (QED) is 0.814. The fourth-order valence-corrected chi connectivity index (χ4v) is 4.41. The maximum atomic E-state index is 13.2. The maximum absolute atomic E-state index is 13.2. The van der Waals surface area contributed by atoms with Crippen molar-refractivity contribution in [3.8, 4) is 0 Å². The molecule has 0 bridgehead atoms. The molecule has 0 atom stereocenters. The number of carbonyl (C=O) groups is 1. The molecule has 0 spiro atoms. The first-order chi connectivity index (χ1) is 14.2. The van der Waals surface area contributed by atoms with Crippen molar-refractivity contribution in [1.82, 2.24) is 14.7 Å². The highest BCUT2D eigenvalue weighted by atomic mass is 16.2. The maximum Gasteiger partial charge on any atom is 0.259 e. The van der Waals surface area contributed by atoms with Crippen molar-refractivity contribution >= 4 is 11.9 Å². The Labute approximate surface area is 171 Å². The molecule has 0 aromatic heterocycles. The third-order valence-electron chi connectivity index (χ3n) is 5.99. The van der Waals surface area contributed by atoms with E-state index in [2.05, 4.69) is 58.1 Å². The lowest BCUT2D eigenvalue weighted by Crippen LogP contribution is -2.53. The summed E-state index contributed by atoms with van der Waals surface area (Å²) in [6.45, 7) is 6.68. The van der Waals surface area contributed by atoms with E-state index in [0.717, 1.165) is 43.3 Å². The van der Waals surface area contributed by atoms with Crippen LogP contribution in [-0.4, -0.2) is 52.7 Å². The van der Waals surface area contributed by atoms with E-state index in [1.54, 1.807) is 0 Å². The zero-order valence-corrected chi connectivity index (χ0v) is 16.7. The molecule has 2 aromatic carbocycles. The number of amides is 1. The summed E-state index contributed by atoms with van der Waals surface area (Å²) >= 11 is 0. The van der Waals surface area contributed by atoms with E-state index in [1.165, 1.54) is 16.7 Å². The molecule has 0 saturated carbocycles. The molecule has 0 N–H and O–H groups in total. The van der Waals surface area contributed by atoms with Gasteiger partial charge in [0.1, 0.15) is 0 Å². The van der Waals surface area contributed by atoms with Gasteiger partial charge in [-0.05, 0) is 35.7 Å². The van der Waals surface area contributed by atoms with Gasteiger partial charge in [0.2, 0.25) is 5.96 Å². The molecular weight excluding hydrogens is 360 g/mol. The smallest absolute Gasteiger partial charge is 0.259 e. The first kappa shape index (κ1) is 18.0. The molecule has 0 radical (unpaired) electrons. The zero-order valence-electron chi connectivity index (χ0n) is 16.7. The fourth-order valence-electron chi connectivity index (χ4n) is 4.41. The summed E-state index contributed by atoms with van der Waals surface area (Å²) in [5.74, 6) is 0.951. The van der Waals surface area contributed by atoms with Crippen LogP contribution in [0.15, 0.2) is 58.7 Å². The zero-order chi connectivity index (χ0) is 19.8. The molecule has 1 amide bonds. The molecule has 5 nitrogen and oxygen atoms in total. The Kier molecular flexibility index (Phi) is 4.57. The Morgan fingerprint density at radius 3 is 2.72 bits per heavy atom. The van der Waals surface area contributed by atoms with Crippen LogP contribution in [0.5, 0.6) is 0 Å². The number of carbonyl (C=O) groups excluding carboxylic acids is 1. The van der Waals surface area contributed by atoms with Crippen molar-refractivity contribution in [1.29, 1.82) is 0 Å². The van der Waals surface area contributed by atoms with Gasteiger partial charge in [0.05, 0.1) is 18.7 Å². The van der Waals surface area contributed by atoms with Crippen LogP contribution in [0.25, 0.3) is 0 Å². The first-order valence-corrected chi connectivity index (χ1v) is 10.2. The molecule has 3 heterocycles. The first-order valence-electron chi connectivity index (χ1n) is 10.2. The van der Waals surface area contributed by atoms with Crippen LogP contribution in [0.2, 0.25) is 0 Å². The number of guanidine groups is 1. The summed E-state index contributed by atoms with van der Waals surface area (Å²) in [6, 6.07) is 20.5. The van der Waals surface area contributed by atoms with E-state index in [-0.39, 0.29) is 5.91 Å². The molecule has 3 aliphatic heterocycles. The van der Waals surface area contributed by atoms with Crippen LogP contribution in [0.3, 0.4) is 0 Å². The summed E-state index contributed by atoms with van der Waals surface area (Å²) in [4.78, 5) is 24.4. The van der Waals surface area contributed by atoms with Crippen molar-refractivity contribution in [3.05, 3.63) is 82.6 Å². The minimum atomic E-state index is 0.134. The number of aryl methyl sites for hydroxylation is 1. The van der Waals surface area contributed by atoms with Gasteiger partial charge in [0.15, 0.2) is 0 Å². The predicted octanol–water partition coefficient (Wildman–Crippen LogP) is 2.77. The summed E-state index contributed by atoms with van der Waals surface area (Å²) in [5, 5.41) is 0. The van der Waals surface area contributed by atoms with Crippen molar-refractivity contribution in [3.63, 3.8) is 0 Å². The molecule has 29 heavy (non-hydrogen) atoms. The van der Waals surface area contributed by atoms with Crippen molar-refractivity contribution in [2.75, 3.05) is 26.2 Å². The van der Waals surface area contributed by atoms with E-state index < -0.39 is 0 Å². The van der Waals surface area contributed by atoms with Gasteiger partial charge in [-0.1, -0.05) is 42.5 Å². The van der Waals surface area contributed by atoms with Gasteiger partial charge in [-0.15, -0.1) is 0 Å². The predicted molar refractivity (Wildman–Crippen MR) is 112 cm³/mol. The summed E-state index contributed by atoms with van der Waals surface area (Å²) in [7, 11) is 0. The SMILES string of the molecule is Cc1cc#ccc1CN1C2=NCCN2C(=O)C2=C1CCN(Cc1ccccc1)C2. The highest BCUT2D eigenvalue weighted by Gasteiger charge is 2.41. The van der Waals surface area contributed by atoms with Crippen LogP contribution < -0.4 is 0 Å². The second-order valence-corrected chi connectivity index (χ2v) is 7.88. The van der Waals surface area contributed by atoms with Gasteiger partial charge in [0, 0.05) is 38.3 Å². The number of rotatable bonds is 4. The van der Waals surface area contributed by atoms with Crippen LogP contribution >= 0.6 is 0 Å². The van der Waals surface area contributed by atoms with E-state index in [4.69, 9.17) is 0 Å². The molecular formula is C24H24N4O. The topological polar surface area (TPSA) is 39.1 Å². The van der Waals surface area contributed by atoms with Gasteiger partial charge in [0.25, 0.3) is 5.91 Å². The summed E-state index contributed by atoms with van der Waals surface area (Å²) in [6.07, 6.45) is 0.864. The second kappa shape index (κ2) is 7.38. The fraction of sp³-hybridized carbons (Fsp3) is 0.333. The average molecular weight is 384 g/mol. The Morgan fingerprint density at radius 1 is 1.07 bits per heavy atom. The van der Waals surface area contributed by atoms with E-state index in [9.17, 15) is 4.79 Å². The molecule has 5 heteroatoms. The molecule has 146 valence electrons. The second-order valence-electron chi connectivity index (χ2n) is 7.88. The number of aliphatic imine (C=N–C) groups is 1. The molecule has 2 aromatic rings.